The van der Waals surface area contributed by atoms with Crippen molar-refractivity contribution >= 4 is 11.7 Å². The Hall–Kier alpha value is -1.58. The van der Waals surface area contributed by atoms with E-state index in [9.17, 15) is 0 Å². The summed E-state index contributed by atoms with van der Waals surface area (Å²) in [6.07, 6.45) is 5.37. The maximum Gasteiger partial charge on any atom is 0.212 e. The van der Waals surface area contributed by atoms with Crippen LogP contribution in [0.25, 0.3) is 0 Å². The van der Waals surface area contributed by atoms with E-state index in [2.05, 4.69) is 4.99 Å². The van der Waals surface area contributed by atoms with Crippen molar-refractivity contribution < 1.29 is 0 Å². The molecule has 4 nitrogen and oxygen atoms in total. The Morgan fingerprint density at radius 3 is 2.42 bits per heavy atom. The van der Waals surface area contributed by atoms with Crippen molar-refractivity contribution in [3.8, 4) is 0 Å². The van der Waals surface area contributed by atoms with Gasteiger partial charge in [-0.25, -0.2) is 4.99 Å². The molecule has 0 aromatic rings. The van der Waals surface area contributed by atoms with E-state index in [0.717, 1.165) is 0 Å². The van der Waals surface area contributed by atoms with Gasteiger partial charge in [0.2, 0.25) is 5.96 Å². The van der Waals surface area contributed by atoms with Crippen LogP contribution in [0, 0.1) is 5.41 Å². The minimum absolute atomic E-state index is 0.232. The zero-order chi connectivity index (χ0) is 9.56. The molecule has 0 spiro atoms. The van der Waals surface area contributed by atoms with Crippen molar-refractivity contribution in [2.75, 3.05) is 0 Å². The van der Waals surface area contributed by atoms with Gasteiger partial charge in [-0.15, -0.1) is 0 Å². The molecule has 0 amide bonds. The summed E-state index contributed by atoms with van der Waals surface area (Å²) in [6.45, 7) is 3.60. The van der Waals surface area contributed by atoms with Gasteiger partial charge in [0.25, 0.3) is 0 Å². The summed E-state index contributed by atoms with van der Waals surface area (Å²) in [4.78, 5) is 3.68. The smallest absolute Gasteiger partial charge is 0.212 e. The summed E-state index contributed by atoms with van der Waals surface area (Å²) in [6, 6.07) is 0. The number of guanidine groups is 1. The number of rotatable bonds is 2. The fourth-order valence-corrected chi connectivity index (χ4v) is 0.566. The Labute approximate surface area is 72.2 Å². The molecular formula is C8H14N4. The summed E-state index contributed by atoms with van der Waals surface area (Å²) in [7, 11) is 0. The summed E-state index contributed by atoms with van der Waals surface area (Å²) < 4.78 is 0. The highest BCUT2D eigenvalue weighted by atomic mass is 15.0. The van der Waals surface area contributed by atoms with E-state index in [1.807, 2.05) is 13.0 Å². The lowest BCUT2D eigenvalue weighted by Gasteiger charge is -1.97. The van der Waals surface area contributed by atoms with Crippen LogP contribution in [0.5, 0.6) is 0 Å². The first kappa shape index (κ1) is 10.4. The lowest BCUT2D eigenvalue weighted by atomic mass is 10.3. The second-order valence-electron chi connectivity index (χ2n) is 2.23. The SMILES string of the molecule is C/C=C\C=C(\N)C(C)=NC(=N)N. The molecule has 0 radical (unpaired) electrons. The zero-order valence-electron chi connectivity index (χ0n) is 7.33. The Morgan fingerprint density at radius 1 is 1.42 bits per heavy atom. The highest BCUT2D eigenvalue weighted by Crippen LogP contribution is 1.90. The average molecular weight is 166 g/mol. The van der Waals surface area contributed by atoms with Crippen LogP contribution in [0.1, 0.15) is 13.8 Å². The minimum Gasteiger partial charge on any atom is -0.397 e. The molecule has 0 aromatic heterocycles. The third-order valence-corrected chi connectivity index (χ3v) is 1.17. The Kier molecular flexibility index (Phi) is 4.45. The zero-order valence-corrected chi connectivity index (χ0v) is 7.33. The molecule has 0 rings (SSSR count). The van der Waals surface area contributed by atoms with Gasteiger partial charge < -0.3 is 11.5 Å². The van der Waals surface area contributed by atoms with Gasteiger partial charge in [-0.05, 0) is 19.9 Å². The van der Waals surface area contributed by atoms with Crippen LogP contribution >= 0.6 is 0 Å². The fourth-order valence-electron chi connectivity index (χ4n) is 0.566. The van der Waals surface area contributed by atoms with Crippen LogP contribution in [0.3, 0.4) is 0 Å². The van der Waals surface area contributed by atoms with Crippen molar-refractivity contribution in [2.24, 2.45) is 16.5 Å². The van der Waals surface area contributed by atoms with Crippen LogP contribution in [0.15, 0.2) is 28.9 Å². The van der Waals surface area contributed by atoms with Crippen LogP contribution in [0.2, 0.25) is 0 Å². The molecule has 5 N–H and O–H groups in total. The maximum absolute atomic E-state index is 6.88. The number of aliphatic imine (C=N–C) groups is 1. The van der Waals surface area contributed by atoms with E-state index >= 15 is 0 Å². The second kappa shape index (κ2) is 5.12. The Balaban J connectivity index is 4.48. The number of nitrogens with zero attached hydrogens (tertiary/aromatic N) is 1. The van der Waals surface area contributed by atoms with Crippen LogP contribution < -0.4 is 11.5 Å². The van der Waals surface area contributed by atoms with E-state index < -0.39 is 0 Å². The molecule has 0 saturated carbocycles. The quantitative estimate of drug-likeness (QED) is 0.321. The van der Waals surface area contributed by atoms with Crippen molar-refractivity contribution in [3.63, 3.8) is 0 Å². The van der Waals surface area contributed by atoms with Crippen molar-refractivity contribution in [3.05, 3.63) is 23.9 Å². The summed E-state index contributed by atoms with van der Waals surface area (Å²) in [5, 5.41) is 6.88. The summed E-state index contributed by atoms with van der Waals surface area (Å²) in [5.74, 6) is -0.232. The molecule has 4 heteroatoms. The molecule has 12 heavy (non-hydrogen) atoms. The monoisotopic (exact) mass is 166 g/mol. The second-order valence-corrected chi connectivity index (χ2v) is 2.23. The number of nitrogens with one attached hydrogen (secondary N) is 1. The predicted molar refractivity (Wildman–Crippen MR) is 52.1 cm³/mol. The van der Waals surface area contributed by atoms with E-state index in [1.54, 1.807) is 19.1 Å². The van der Waals surface area contributed by atoms with Gasteiger partial charge in [0.1, 0.15) is 0 Å². The van der Waals surface area contributed by atoms with E-state index in [0.29, 0.717) is 11.4 Å². The Morgan fingerprint density at radius 2 is 2.00 bits per heavy atom. The number of hydrogen-bond acceptors (Lipinski definition) is 2. The first-order valence-electron chi connectivity index (χ1n) is 3.56. The largest absolute Gasteiger partial charge is 0.397 e. The summed E-state index contributed by atoms with van der Waals surface area (Å²) >= 11 is 0. The molecule has 0 aromatic carbocycles. The van der Waals surface area contributed by atoms with E-state index in [1.165, 1.54) is 0 Å². The highest BCUT2D eigenvalue weighted by Gasteiger charge is 1.93. The number of allylic oxidation sites excluding steroid dienone is 4. The molecule has 0 aliphatic carbocycles. The maximum atomic E-state index is 6.88. The van der Waals surface area contributed by atoms with Crippen molar-refractivity contribution in [1.82, 2.24) is 0 Å². The van der Waals surface area contributed by atoms with Gasteiger partial charge in [-0.2, -0.15) is 0 Å². The third-order valence-electron chi connectivity index (χ3n) is 1.17. The molecule has 0 unspecified atom stereocenters. The highest BCUT2D eigenvalue weighted by molar-refractivity contribution is 6.03. The van der Waals surface area contributed by atoms with Gasteiger partial charge in [0, 0.05) is 0 Å². The summed E-state index contributed by atoms with van der Waals surface area (Å²) in [5.41, 5.74) is 11.7. The Bertz CT molecular complexity index is 248. The molecule has 0 fully saturated rings. The predicted octanol–water partition coefficient (Wildman–Crippen LogP) is 0.759. The van der Waals surface area contributed by atoms with Crippen molar-refractivity contribution in [2.45, 2.75) is 13.8 Å². The molecule has 0 aliphatic rings. The number of hydrogen-bond donors (Lipinski definition) is 3. The molecule has 0 heterocycles. The molecular weight excluding hydrogens is 152 g/mol. The fraction of sp³-hybridized carbons (Fsp3) is 0.250. The van der Waals surface area contributed by atoms with Gasteiger partial charge >= 0.3 is 0 Å². The molecule has 0 atom stereocenters. The van der Waals surface area contributed by atoms with Gasteiger partial charge in [-0.3, -0.25) is 5.41 Å². The van der Waals surface area contributed by atoms with Crippen LogP contribution in [-0.4, -0.2) is 11.7 Å². The first-order chi connectivity index (χ1) is 5.57. The normalized spacial score (nSPS) is 13.8. The number of nitrogens with two attached hydrogens (primary N) is 2. The van der Waals surface area contributed by atoms with Gasteiger partial charge in [-0.1, -0.05) is 12.2 Å². The van der Waals surface area contributed by atoms with Crippen LogP contribution in [-0.2, 0) is 0 Å². The van der Waals surface area contributed by atoms with Crippen LogP contribution in [0.4, 0.5) is 0 Å². The lowest BCUT2D eigenvalue weighted by Crippen LogP contribution is -2.13. The average Bonchev–Trinajstić information content (AvgIpc) is 1.98. The lowest BCUT2D eigenvalue weighted by molar-refractivity contribution is 1.35. The molecule has 0 bridgehead atoms. The van der Waals surface area contributed by atoms with E-state index in [-0.39, 0.29) is 5.96 Å². The molecule has 0 saturated heterocycles. The van der Waals surface area contributed by atoms with Gasteiger partial charge in [0.15, 0.2) is 0 Å². The molecule has 0 aliphatic heterocycles. The first-order valence-corrected chi connectivity index (χ1v) is 3.56. The van der Waals surface area contributed by atoms with Gasteiger partial charge in [0.05, 0.1) is 11.4 Å². The third kappa shape index (κ3) is 4.27. The standard InChI is InChI=1S/C8H14N4/c1-3-4-5-7(9)6(2)12-8(10)11/h3-5H,9H2,1-2H3,(H3,10,11)/b4-3-,7-5+,12-6?. The topological polar surface area (TPSA) is 88.2 Å². The molecule has 66 valence electrons. The van der Waals surface area contributed by atoms with Crippen molar-refractivity contribution in [1.29, 1.82) is 5.41 Å². The minimum atomic E-state index is -0.232. The van der Waals surface area contributed by atoms with E-state index in [4.69, 9.17) is 16.9 Å².